The Morgan fingerprint density at radius 2 is 1.76 bits per heavy atom. The molecule has 0 fully saturated rings. The van der Waals surface area contributed by atoms with E-state index in [1.165, 1.54) is 35.3 Å². The maximum Gasteiger partial charge on any atom is 0.329 e. The lowest BCUT2D eigenvalue weighted by atomic mass is 10.1. The molecule has 2 aromatic rings. The van der Waals surface area contributed by atoms with Crippen molar-refractivity contribution in [3.63, 3.8) is 0 Å². The maximum absolute atomic E-state index is 12.6. The zero-order valence-corrected chi connectivity index (χ0v) is 17.8. The first-order chi connectivity index (χ1) is 13.7. The summed E-state index contributed by atoms with van der Waals surface area (Å²) >= 11 is 13.3. The summed E-state index contributed by atoms with van der Waals surface area (Å²) in [6.45, 7) is 1.24. The summed E-state index contributed by atoms with van der Waals surface area (Å²) in [6.07, 6.45) is 0. The van der Waals surface area contributed by atoms with E-state index in [4.69, 9.17) is 27.9 Å². The summed E-state index contributed by atoms with van der Waals surface area (Å²) < 4.78 is 5.04. The van der Waals surface area contributed by atoms with Crippen LogP contribution in [0.4, 0.5) is 0 Å². The lowest BCUT2D eigenvalue weighted by Crippen LogP contribution is -2.44. The summed E-state index contributed by atoms with van der Waals surface area (Å²) in [7, 11) is 1.59. The van der Waals surface area contributed by atoms with Crippen LogP contribution in [0.5, 0.6) is 0 Å². The normalized spacial score (nSPS) is 14.0. The topological polar surface area (TPSA) is 84.0 Å². The number of hydrogen-bond acceptors (Lipinski definition) is 6. The number of carbonyl (C=O) groups is 4. The number of fused-ring (bicyclic) bond motifs is 1. The first-order valence-electron chi connectivity index (χ1n) is 8.49. The van der Waals surface area contributed by atoms with Crippen molar-refractivity contribution < 1.29 is 23.9 Å². The number of hydrogen-bond donors (Lipinski definition) is 0. The van der Waals surface area contributed by atoms with Gasteiger partial charge < -0.3 is 9.64 Å². The van der Waals surface area contributed by atoms with Gasteiger partial charge in [0.15, 0.2) is 6.61 Å². The standard InChI is InChI=1S/C19H16Cl2N2O5S/c1-10(19(27)28-8-16(24)22(2)7-11-3-4-29-9-11)23-17(25)12-5-14(20)15(21)6-13(12)18(23)26/h3-6,9-10H,7-8H2,1-2H3/t10-/m0/s1. The van der Waals surface area contributed by atoms with Crippen molar-refractivity contribution in [2.45, 2.75) is 19.5 Å². The van der Waals surface area contributed by atoms with Crippen molar-refractivity contribution in [2.24, 2.45) is 0 Å². The number of carbonyl (C=O) groups excluding carboxylic acids is 4. The molecule has 152 valence electrons. The van der Waals surface area contributed by atoms with E-state index in [1.54, 1.807) is 7.05 Å². The van der Waals surface area contributed by atoms with Crippen LogP contribution < -0.4 is 0 Å². The number of esters is 1. The lowest BCUT2D eigenvalue weighted by Gasteiger charge is -2.22. The van der Waals surface area contributed by atoms with Gasteiger partial charge in [-0.1, -0.05) is 23.2 Å². The van der Waals surface area contributed by atoms with Crippen molar-refractivity contribution in [1.29, 1.82) is 0 Å². The molecule has 0 bridgehead atoms. The van der Waals surface area contributed by atoms with E-state index < -0.39 is 36.3 Å². The summed E-state index contributed by atoms with van der Waals surface area (Å²) in [4.78, 5) is 51.9. The van der Waals surface area contributed by atoms with Gasteiger partial charge in [0, 0.05) is 13.6 Å². The number of halogens is 2. The van der Waals surface area contributed by atoms with Gasteiger partial charge in [-0.3, -0.25) is 19.3 Å². The molecule has 0 unspecified atom stereocenters. The van der Waals surface area contributed by atoms with E-state index in [9.17, 15) is 19.2 Å². The van der Waals surface area contributed by atoms with Gasteiger partial charge in [-0.25, -0.2) is 4.79 Å². The van der Waals surface area contributed by atoms with E-state index in [0.29, 0.717) is 6.54 Å². The van der Waals surface area contributed by atoms with Gasteiger partial charge in [0.25, 0.3) is 17.7 Å². The summed E-state index contributed by atoms with van der Waals surface area (Å²) in [5.41, 5.74) is 1.10. The van der Waals surface area contributed by atoms with E-state index >= 15 is 0 Å². The highest BCUT2D eigenvalue weighted by atomic mass is 35.5. The molecule has 2 heterocycles. The van der Waals surface area contributed by atoms with Gasteiger partial charge in [-0.2, -0.15) is 11.3 Å². The van der Waals surface area contributed by atoms with Crippen LogP contribution in [0.3, 0.4) is 0 Å². The molecule has 0 aliphatic carbocycles. The van der Waals surface area contributed by atoms with Crippen molar-refractivity contribution in [3.05, 3.63) is 55.7 Å². The Morgan fingerprint density at radius 3 is 2.28 bits per heavy atom. The minimum Gasteiger partial charge on any atom is -0.454 e. The van der Waals surface area contributed by atoms with Crippen LogP contribution in [-0.4, -0.2) is 53.2 Å². The molecule has 0 saturated heterocycles. The first kappa shape index (κ1) is 21.3. The van der Waals surface area contributed by atoms with Crippen molar-refractivity contribution in [2.75, 3.05) is 13.7 Å². The molecule has 1 aromatic carbocycles. The quantitative estimate of drug-likeness (QED) is 0.493. The van der Waals surface area contributed by atoms with E-state index in [2.05, 4.69) is 0 Å². The Balaban J connectivity index is 1.62. The Labute approximate surface area is 180 Å². The molecule has 1 aliphatic heterocycles. The third kappa shape index (κ3) is 4.29. The number of amides is 3. The molecule has 7 nitrogen and oxygen atoms in total. The van der Waals surface area contributed by atoms with Gasteiger partial charge in [0.05, 0.1) is 21.2 Å². The van der Waals surface area contributed by atoms with Crippen molar-refractivity contribution in [1.82, 2.24) is 9.80 Å². The molecule has 29 heavy (non-hydrogen) atoms. The van der Waals surface area contributed by atoms with Crippen LogP contribution in [0.25, 0.3) is 0 Å². The fourth-order valence-corrected chi connectivity index (χ4v) is 3.81. The van der Waals surface area contributed by atoms with Gasteiger partial charge in [0.2, 0.25) is 0 Å². The molecule has 1 atom stereocenters. The molecule has 3 rings (SSSR count). The van der Waals surface area contributed by atoms with Crippen LogP contribution in [0, 0.1) is 0 Å². The highest BCUT2D eigenvalue weighted by Crippen LogP contribution is 2.32. The van der Waals surface area contributed by atoms with Crippen LogP contribution in [0.1, 0.15) is 33.2 Å². The van der Waals surface area contributed by atoms with Crippen LogP contribution in [0.15, 0.2) is 29.0 Å². The first-order valence-corrected chi connectivity index (χ1v) is 10.2. The largest absolute Gasteiger partial charge is 0.454 e. The molecule has 10 heteroatoms. The smallest absolute Gasteiger partial charge is 0.329 e. The number of likely N-dealkylation sites (N-methyl/N-ethyl adjacent to an activating group) is 1. The van der Waals surface area contributed by atoms with Crippen molar-refractivity contribution >= 4 is 58.2 Å². The third-order valence-corrected chi connectivity index (χ3v) is 5.90. The van der Waals surface area contributed by atoms with Crippen LogP contribution in [0.2, 0.25) is 10.0 Å². The zero-order chi connectivity index (χ0) is 21.3. The average molecular weight is 455 g/mol. The van der Waals surface area contributed by atoms with E-state index in [1.807, 2.05) is 16.8 Å². The maximum atomic E-state index is 12.6. The molecule has 3 amide bonds. The molecular weight excluding hydrogens is 439 g/mol. The lowest BCUT2D eigenvalue weighted by molar-refractivity contribution is -0.154. The Morgan fingerprint density at radius 1 is 1.17 bits per heavy atom. The molecule has 1 aliphatic rings. The molecule has 0 spiro atoms. The SMILES string of the molecule is C[C@@H](C(=O)OCC(=O)N(C)Cc1ccsc1)N1C(=O)c2cc(Cl)c(Cl)cc2C1=O. The third-order valence-electron chi connectivity index (χ3n) is 4.45. The number of benzene rings is 1. The monoisotopic (exact) mass is 454 g/mol. The molecule has 1 aromatic heterocycles. The fraction of sp³-hybridized carbons (Fsp3) is 0.263. The van der Waals surface area contributed by atoms with Crippen LogP contribution >= 0.6 is 34.5 Å². The number of thiophene rings is 1. The summed E-state index contributed by atoms with van der Waals surface area (Å²) in [5, 5.41) is 4.07. The number of ether oxygens (including phenoxy) is 1. The van der Waals surface area contributed by atoms with E-state index in [-0.39, 0.29) is 21.2 Å². The Bertz CT molecular complexity index is 952. The van der Waals surface area contributed by atoms with Crippen molar-refractivity contribution in [3.8, 4) is 0 Å². The second-order valence-corrected chi connectivity index (χ2v) is 8.05. The van der Waals surface area contributed by atoms with Gasteiger partial charge in [0.1, 0.15) is 6.04 Å². The van der Waals surface area contributed by atoms with Gasteiger partial charge >= 0.3 is 5.97 Å². The predicted molar refractivity (Wildman–Crippen MR) is 108 cm³/mol. The second-order valence-electron chi connectivity index (χ2n) is 6.46. The summed E-state index contributed by atoms with van der Waals surface area (Å²) in [5.74, 6) is -2.62. The highest BCUT2D eigenvalue weighted by molar-refractivity contribution is 7.07. The molecule has 0 saturated carbocycles. The second kappa shape index (κ2) is 8.52. The average Bonchev–Trinajstić information content (AvgIpc) is 3.27. The van der Waals surface area contributed by atoms with Gasteiger partial charge in [-0.15, -0.1) is 0 Å². The predicted octanol–water partition coefficient (Wildman–Crippen LogP) is 3.24. The minimum atomic E-state index is -1.21. The number of nitrogens with zero attached hydrogens (tertiary/aromatic N) is 2. The Hall–Kier alpha value is -2.42. The van der Waals surface area contributed by atoms with Crippen LogP contribution in [-0.2, 0) is 20.9 Å². The molecule has 0 radical (unpaired) electrons. The summed E-state index contributed by atoms with van der Waals surface area (Å²) in [6, 6.07) is 3.26. The fourth-order valence-electron chi connectivity index (χ4n) is 2.82. The minimum absolute atomic E-state index is 0.0654. The molecular formula is C19H16Cl2N2O5S. The highest BCUT2D eigenvalue weighted by Gasteiger charge is 2.42. The number of imide groups is 1. The number of rotatable bonds is 6. The van der Waals surface area contributed by atoms with Gasteiger partial charge in [-0.05, 0) is 41.4 Å². The zero-order valence-electron chi connectivity index (χ0n) is 15.5. The molecule has 0 N–H and O–H groups in total. The Kier molecular flexibility index (Phi) is 6.26. The van der Waals surface area contributed by atoms with E-state index in [0.717, 1.165) is 10.5 Å².